The van der Waals surface area contributed by atoms with E-state index in [9.17, 15) is 4.79 Å². The van der Waals surface area contributed by atoms with Gasteiger partial charge in [-0.3, -0.25) is 4.79 Å². The molecule has 0 saturated carbocycles. The first-order chi connectivity index (χ1) is 7.15. The van der Waals surface area contributed by atoms with E-state index in [0.717, 1.165) is 12.0 Å². The van der Waals surface area contributed by atoms with Crippen LogP contribution in [0.1, 0.15) is 35.7 Å². The maximum Gasteiger partial charge on any atom is 0.267 e. The van der Waals surface area contributed by atoms with Gasteiger partial charge in [0, 0.05) is 5.69 Å². The summed E-state index contributed by atoms with van der Waals surface area (Å²) in [7, 11) is 0. The molecule has 0 aliphatic heterocycles. The highest BCUT2D eigenvalue weighted by molar-refractivity contribution is 5.50. The summed E-state index contributed by atoms with van der Waals surface area (Å²) in [6.45, 7) is 3.73. The lowest BCUT2D eigenvalue weighted by atomic mass is 9.99. The summed E-state index contributed by atoms with van der Waals surface area (Å²) in [6.07, 6.45) is 1.56. The van der Waals surface area contributed by atoms with Gasteiger partial charge in [0.15, 0.2) is 0 Å². The highest BCUT2D eigenvalue weighted by atomic mass is 16.1. The molecule has 0 saturated heterocycles. The van der Waals surface area contributed by atoms with E-state index in [-0.39, 0.29) is 11.1 Å². The molecule has 0 fully saturated rings. The fourth-order valence-corrected chi connectivity index (χ4v) is 1.55. The Labute approximate surface area is 87.8 Å². The summed E-state index contributed by atoms with van der Waals surface area (Å²) in [5.41, 5.74) is 1.12. The summed E-state index contributed by atoms with van der Waals surface area (Å²) >= 11 is 0. The predicted octanol–water partition coefficient (Wildman–Crippen LogP) is 1.38. The van der Waals surface area contributed by atoms with Gasteiger partial charge >= 0.3 is 0 Å². The zero-order valence-electron chi connectivity index (χ0n) is 8.72. The molecular weight excluding hydrogens is 190 g/mol. The number of hydrogen-bond donors (Lipinski definition) is 1. The lowest BCUT2D eigenvalue weighted by molar-refractivity contribution is 0.887. The molecule has 15 heavy (non-hydrogen) atoms. The highest BCUT2D eigenvalue weighted by Gasteiger charge is 2.14. The number of nitrogens with zero attached hydrogens (tertiary/aromatic N) is 2. The molecule has 1 aromatic heterocycles. The Balaban J connectivity index is 3.61. The van der Waals surface area contributed by atoms with E-state index in [2.05, 4.69) is 4.98 Å². The van der Waals surface area contributed by atoms with Gasteiger partial charge in [-0.2, -0.15) is 10.5 Å². The van der Waals surface area contributed by atoms with E-state index in [4.69, 9.17) is 10.5 Å². The molecule has 4 heteroatoms. The van der Waals surface area contributed by atoms with Crippen LogP contribution in [-0.4, -0.2) is 4.98 Å². The molecule has 0 bridgehead atoms. The maximum atomic E-state index is 11.4. The van der Waals surface area contributed by atoms with Crippen molar-refractivity contribution in [2.24, 2.45) is 0 Å². The van der Waals surface area contributed by atoms with Gasteiger partial charge in [-0.05, 0) is 18.9 Å². The Kier molecular flexibility index (Phi) is 3.25. The van der Waals surface area contributed by atoms with Crippen LogP contribution in [0.25, 0.3) is 0 Å². The highest BCUT2D eigenvalue weighted by Crippen LogP contribution is 2.14. The third-order valence-corrected chi connectivity index (χ3v) is 2.26. The molecule has 0 radical (unpaired) electrons. The molecular formula is C11H11N3O. The summed E-state index contributed by atoms with van der Waals surface area (Å²) in [4.78, 5) is 14.0. The van der Waals surface area contributed by atoms with Gasteiger partial charge in [-0.15, -0.1) is 0 Å². The van der Waals surface area contributed by atoms with Crippen molar-refractivity contribution in [2.75, 3.05) is 0 Å². The smallest absolute Gasteiger partial charge is 0.267 e. The minimum absolute atomic E-state index is 0.0773. The van der Waals surface area contributed by atoms with Gasteiger partial charge in [0.1, 0.15) is 17.7 Å². The number of H-pyrrole nitrogens is 1. The zero-order chi connectivity index (χ0) is 11.4. The number of hydrogen-bond acceptors (Lipinski definition) is 3. The Hall–Kier alpha value is -2.07. The van der Waals surface area contributed by atoms with Crippen molar-refractivity contribution < 1.29 is 0 Å². The third-order valence-electron chi connectivity index (χ3n) is 2.26. The van der Waals surface area contributed by atoms with Gasteiger partial charge in [0.25, 0.3) is 5.56 Å². The standard InChI is InChI=1S/C11H11N3O/c1-3-4-8-7(2)14-11(15)10(6-13)9(8)5-12/h3-4H2,1-2H3,(H,14,15). The largest absolute Gasteiger partial charge is 0.325 e. The van der Waals surface area contributed by atoms with Crippen LogP contribution >= 0.6 is 0 Å². The molecule has 1 heterocycles. The average molecular weight is 201 g/mol. The number of aromatic nitrogens is 1. The van der Waals surface area contributed by atoms with E-state index < -0.39 is 5.56 Å². The van der Waals surface area contributed by atoms with Crippen LogP contribution < -0.4 is 5.56 Å². The Morgan fingerprint density at radius 3 is 2.33 bits per heavy atom. The monoisotopic (exact) mass is 201 g/mol. The molecule has 0 aromatic carbocycles. The number of nitrogens with one attached hydrogen (secondary N) is 1. The van der Waals surface area contributed by atoms with Crippen molar-refractivity contribution in [2.45, 2.75) is 26.7 Å². The van der Waals surface area contributed by atoms with Gasteiger partial charge in [0.2, 0.25) is 0 Å². The van der Waals surface area contributed by atoms with Crippen LogP contribution in [0.15, 0.2) is 4.79 Å². The second-order valence-corrected chi connectivity index (χ2v) is 3.28. The van der Waals surface area contributed by atoms with Gasteiger partial charge in [0.05, 0.1) is 5.56 Å². The first-order valence-electron chi connectivity index (χ1n) is 4.71. The molecule has 0 aliphatic rings. The van der Waals surface area contributed by atoms with E-state index in [1.165, 1.54) is 0 Å². The minimum Gasteiger partial charge on any atom is -0.325 e. The Morgan fingerprint density at radius 2 is 1.87 bits per heavy atom. The number of rotatable bonds is 2. The first-order valence-corrected chi connectivity index (χ1v) is 4.71. The summed E-state index contributed by atoms with van der Waals surface area (Å²) in [5.74, 6) is 0. The predicted molar refractivity (Wildman–Crippen MR) is 55.2 cm³/mol. The molecule has 0 atom stereocenters. The molecule has 1 rings (SSSR count). The first kappa shape index (κ1) is 11.0. The fraction of sp³-hybridized carbons (Fsp3) is 0.364. The molecule has 1 N–H and O–H groups in total. The SMILES string of the molecule is CCCc1c(C)[nH]c(=O)c(C#N)c1C#N. The molecule has 4 nitrogen and oxygen atoms in total. The van der Waals surface area contributed by atoms with E-state index in [1.54, 1.807) is 13.0 Å². The van der Waals surface area contributed by atoms with Crippen LogP contribution in [0.3, 0.4) is 0 Å². The topological polar surface area (TPSA) is 80.4 Å². The third kappa shape index (κ3) is 1.89. The van der Waals surface area contributed by atoms with Crippen molar-refractivity contribution in [3.8, 4) is 12.1 Å². The summed E-state index contributed by atoms with van der Waals surface area (Å²) in [6, 6.07) is 3.71. The van der Waals surface area contributed by atoms with Crippen LogP contribution in [0.5, 0.6) is 0 Å². The minimum atomic E-state index is -0.480. The Morgan fingerprint density at radius 1 is 1.27 bits per heavy atom. The fourth-order valence-electron chi connectivity index (χ4n) is 1.55. The zero-order valence-corrected chi connectivity index (χ0v) is 8.72. The van der Waals surface area contributed by atoms with Crippen molar-refractivity contribution in [1.82, 2.24) is 4.98 Å². The average Bonchev–Trinajstić information content (AvgIpc) is 2.21. The maximum absolute atomic E-state index is 11.4. The van der Waals surface area contributed by atoms with Crippen molar-refractivity contribution in [3.05, 3.63) is 32.7 Å². The molecule has 1 aromatic rings. The lowest BCUT2D eigenvalue weighted by Gasteiger charge is -2.07. The van der Waals surface area contributed by atoms with Crippen LogP contribution in [-0.2, 0) is 6.42 Å². The number of pyridine rings is 1. The van der Waals surface area contributed by atoms with Gasteiger partial charge in [-0.25, -0.2) is 0 Å². The second kappa shape index (κ2) is 4.43. The normalized spacial score (nSPS) is 9.33. The van der Waals surface area contributed by atoms with Crippen molar-refractivity contribution in [3.63, 3.8) is 0 Å². The molecule has 0 aliphatic carbocycles. The number of aryl methyl sites for hydroxylation is 1. The van der Waals surface area contributed by atoms with Gasteiger partial charge in [-0.1, -0.05) is 13.3 Å². The molecule has 76 valence electrons. The van der Waals surface area contributed by atoms with Crippen LogP contribution in [0.4, 0.5) is 0 Å². The molecule has 0 unspecified atom stereocenters. The quantitative estimate of drug-likeness (QED) is 0.784. The molecule has 0 amide bonds. The van der Waals surface area contributed by atoms with Crippen LogP contribution in [0, 0.1) is 29.6 Å². The molecule has 0 spiro atoms. The van der Waals surface area contributed by atoms with Crippen molar-refractivity contribution >= 4 is 0 Å². The van der Waals surface area contributed by atoms with E-state index in [0.29, 0.717) is 12.1 Å². The van der Waals surface area contributed by atoms with Crippen molar-refractivity contribution in [1.29, 1.82) is 10.5 Å². The van der Waals surface area contributed by atoms with Crippen LogP contribution in [0.2, 0.25) is 0 Å². The summed E-state index contributed by atoms with van der Waals surface area (Å²) < 4.78 is 0. The number of nitriles is 2. The summed E-state index contributed by atoms with van der Waals surface area (Å²) in [5, 5.41) is 17.7. The Bertz CT molecular complexity index is 514. The van der Waals surface area contributed by atoms with E-state index in [1.807, 2.05) is 13.0 Å². The lowest BCUT2D eigenvalue weighted by Crippen LogP contribution is -2.16. The number of aromatic amines is 1. The second-order valence-electron chi connectivity index (χ2n) is 3.28. The van der Waals surface area contributed by atoms with E-state index >= 15 is 0 Å². The van der Waals surface area contributed by atoms with Gasteiger partial charge < -0.3 is 4.98 Å².